The van der Waals surface area contributed by atoms with Crippen LogP contribution in [0.15, 0.2) is 60.7 Å². The number of ketones is 2. The number of ether oxygens (including phenoxy) is 2. The highest BCUT2D eigenvalue weighted by Crippen LogP contribution is 2.35. The van der Waals surface area contributed by atoms with E-state index in [9.17, 15) is 28.9 Å². The van der Waals surface area contributed by atoms with Gasteiger partial charge >= 0.3 is 5.97 Å². The van der Waals surface area contributed by atoms with Gasteiger partial charge in [0.25, 0.3) is 5.69 Å². The summed E-state index contributed by atoms with van der Waals surface area (Å²) in [5.74, 6) is -2.37. The summed E-state index contributed by atoms with van der Waals surface area (Å²) < 4.78 is 23.3. The van der Waals surface area contributed by atoms with E-state index in [4.69, 9.17) is 9.47 Å². The van der Waals surface area contributed by atoms with Crippen molar-refractivity contribution in [3.63, 3.8) is 0 Å². The molecule has 0 N–H and O–H groups in total. The number of carbonyl (C=O) groups is 3. The zero-order valence-corrected chi connectivity index (χ0v) is 16.4. The van der Waals surface area contributed by atoms with Gasteiger partial charge in [0.05, 0.1) is 4.92 Å². The molecular weight excluding hydrogens is 421 g/mol. The molecule has 0 unspecified atom stereocenters. The zero-order chi connectivity index (χ0) is 22.8. The van der Waals surface area contributed by atoms with E-state index in [0.717, 1.165) is 6.07 Å². The fourth-order valence-electron chi connectivity index (χ4n) is 3.43. The molecule has 0 amide bonds. The third-order valence-corrected chi connectivity index (χ3v) is 4.87. The molecule has 1 aliphatic carbocycles. The molecule has 1 aliphatic rings. The Kier molecular flexibility index (Phi) is 5.46. The average Bonchev–Trinajstić information content (AvgIpc) is 2.80. The second-order valence-corrected chi connectivity index (χ2v) is 6.78. The number of esters is 1. The van der Waals surface area contributed by atoms with Gasteiger partial charge < -0.3 is 9.47 Å². The fraction of sp³-hybridized carbons (Fsp3) is 0.0870. The predicted molar refractivity (Wildman–Crippen MR) is 109 cm³/mol. The smallest absolute Gasteiger partial charge is 0.345 e. The summed E-state index contributed by atoms with van der Waals surface area (Å²) in [6.07, 6.45) is 0. The maximum absolute atomic E-state index is 12.9. The number of hydrogen-bond acceptors (Lipinski definition) is 7. The van der Waals surface area contributed by atoms with Crippen molar-refractivity contribution in [1.82, 2.24) is 0 Å². The molecule has 0 saturated carbocycles. The van der Waals surface area contributed by atoms with Gasteiger partial charge in [-0.05, 0) is 36.4 Å². The lowest BCUT2D eigenvalue weighted by atomic mass is 9.82. The minimum atomic E-state index is -1.04. The number of halogens is 1. The number of rotatable bonds is 6. The van der Waals surface area contributed by atoms with Crippen molar-refractivity contribution in [1.29, 1.82) is 0 Å². The van der Waals surface area contributed by atoms with Crippen molar-refractivity contribution in [2.24, 2.45) is 0 Å². The van der Waals surface area contributed by atoms with E-state index in [2.05, 4.69) is 0 Å². The van der Waals surface area contributed by atoms with Crippen LogP contribution >= 0.6 is 0 Å². The average molecular weight is 435 g/mol. The van der Waals surface area contributed by atoms with Crippen molar-refractivity contribution in [3.8, 4) is 5.75 Å². The van der Waals surface area contributed by atoms with Crippen LogP contribution in [-0.2, 0) is 4.74 Å². The SMILES string of the molecule is O=C1c2ccccc2C(=O)c2c1ccc(C(=O)OCCOc1ccc(F)cc1)c2[N+](=O)[O-]. The number of carbonyl (C=O) groups excluding carboxylic acids is 3. The van der Waals surface area contributed by atoms with Gasteiger partial charge in [0.15, 0.2) is 5.78 Å². The molecule has 0 saturated heterocycles. The summed E-state index contributed by atoms with van der Waals surface area (Å²) in [6, 6.07) is 13.5. The zero-order valence-electron chi connectivity index (χ0n) is 16.4. The summed E-state index contributed by atoms with van der Waals surface area (Å²) >= 11 is 0. The van der Waals surface area contributed by atoms with E-state index in [1.165, 1.54) is 42.5 Å². The Labute approximate surface area is 180 Å². The molecule has 0 radical (unpaired) electrons. The Morgan fingerprint density at radius 2 is 1.53 bits per heavy atom. The Bertz CT molecular complexity index is 1270. The van der Waals surface area contributed by atoms with Crippen LogP contribution in [0.1, 0.15) is 42.2 Å². The van der Waals surface area contributed by atoms with Crippen LogP contribution in [0.3, 0.4) is 0 Å². The van der Waals surface area contributed by atoms with E-state index in [-0.39, 0.29) is 29.9 Å². The van der Waals surface area contributed by atoms with Crippen LogP contribution < -0.4 is 4.74 Å². The largest absolute Gasteiger partial charge is 0.490 e. The first kappa shape index (κ1) is 20.9. The van der Waals surface area contributed by atoms with E-state index in [0.29, 0.717) is 5.75 Å². The Morgan fingerprint density at radius 1 is 0.875 bits per heavy atom. The maximum atomic E-state index is 12.9. The molecule has 0 aliphatic heterocycles. The van der Waals surface area contributed by atoms with Crippen LogP contribution in [0.4, 0.5) is 10.1 Å². The van der Waals surface area contributed by atoms with Gasteiger partial charge in [-0.15, -0.1) is 0 Å². The summed E-state index contributed by atoms with van der Waals surface area (Å²) in [7, 11) is 0. The van der Waals surface area contributed by atoms with Gasteiger partial charge in [0.2, 0.25) is 5.78 Å². The monoisotopic (exact) mass is 435 g/mol. The van der Waals surface area contributed by atoms with E-state index >= 15 is 0 Å². The topological polar surface area (TPSA) is 113 Å². The highest BCUT2D eigenvalue weighted by Gasteiger charge is 2.38. The Hall–Kier alpha value is -4.40. The lowest BCUT2D eigenvalue weighted by Gasteiger charge is -2.18. The molecule has 0 heterocycles. The minimum absolute atomic E-state index is 0.0336. The molecule has 0 spiro atoms. The van der Waals surface area contributed by atoms with E-state index in [1.807, 2.05) is 0 Å². The van der Waals surface area contributed by atoms with Crippen LogP contribution in [0, 0.1) is 15.9 Å². The van der Waals surface area contributed by atoms with Crippen molar-refractivity contribution in [3.05, 3.63) is 104 Å². The molecule has 9 heteroatoms. The first-order valence-electron chi connectivity index (χ1n) is 9.44. The number of nitro groups is 1. The maximum Gasteiger partial charge on any atom is 0.345 e. The molecule has 32 heavy (non-hydrogen) atoms. The molecule has 0 atom stereocenters. The molecule has 160 valence electrons. The highest BCUT2D eigenvalue weighted by molar-refractivity contribution is 6.30. The van der Waals surface area contributed by atoms with Crippen LogP contribution in [-0.4, -0.2) is 35.7 Å². The lowest BCUT2D eigenvalue weighted by molar-refractivity contribution is -0.385. The van der Waals surface area contributed by atoms with Crippen LogP contribution in [0.2, 0.25) is 0 Å². The number of fused-ring (bicyclic) bond motifs is 2. The summed E-state index contributed by atoms with van der Waals surface area (Å²) in [4.78, 5) is 49.1. The number of benzene rings is 3. The van der Waals surface area contributed by atoms with Crippen molar-refractivity contribution >= 4 is 23.2 Å². The molecule has 8 nitrogen and oxygen atoms in total. The summed E-state index contributed by atoms with van der Waals surface area (Å²) in [5, 5.41) is 11.8. The standard InChI is InChI=1S/C23H14FNO7/c24-13-5-7-14(8-6-13)31-11-12-32-23(28)18-10-9-17-19(20(18)25(29)30)22(27)16-4-2-1-3-15(16)21(17)26/h1-10H,11-12H2. The second kappa shape index (κ2) is 8.38. The van der Waals surface area contributed by atoms with E-state index in [1.54, 1.807) is 12.1 Å². The van der Waals surface area contributed by atoms with Gasteiger partial charge in [-0.2, -0.15) is 0 Å². The molecule has 4 rings (SSSR count). The summed E-state index contributed by atoms with van der Waals surface area (Å²) in [5.41, 5.74) is -1.62. The molecular formula is C23H14FNO7. The van der Waals surface area contributed by atoms with Crippen molar-refractivity contribution in [2.75, 3.05) is 13.2 Å². The molecule has 3 aromatic carbocycles. The third kappa shape index (κ3) is 3.71. The minimum Gasteiger partial charge on any atom is -0.490 e. The quantitative estimate of drug-likeness (QED) is 0.196. The van der Waals surface area contributed by atoms with Gasteiger partial charge in [-0.1, -0.05) is 24.3 Å². The van der Waals surface area contributed by atoms with Crippen LogP contribution in [0.5, 0.6) is 5.75 Å². The van der Waals surface area contributed by atoms with Crippen molar-refractivity contribution < 1.29 is 33.2 Å². The lowest BCUT2D eigenvalue weighted by Crippen LogP contribution is -2.24. The first-order valence-corrected chi connectivity index (χ1v) is 9.44. The Balaban J connectivity index is 1.57. The first-order chi connectivity index (χ1) is 15.4. The third-order valence-electron chi connectivity index (χ3n) is 4.87. The van der Waals surface area contributed by atoms with Gasteiger partial charge in [0.1, 0.15) is 35.9 Å². The summed E-state index contributed by atoms with van der Waals surface area (Å²) in [6.45, 7) is -0.332. The molecule has 3 aromatic rings. The fourth-order valence-corrected chi connectivity index (χ4v) is 3.43. The van der Waals surface area contributed by atoms with E-state index < -0.39 is 45.1 Å². The van der Waals surface area contributed by atoms with Gasteiger partial charge in [0, 0.05) is 16.7 Å². The second-order valence-electron chi connectivity index (χ2n) is 6.78. The van der Waals surface area contributed by atoms with Crippen LogP contribution in [0.25, 0.3) is 0 Å². The predicted octanol–water partition coefficient (Wildman–Crippen LogP) is 3.75. The molecule has 0 aromatic heterocycles. The molecule has 0 fully saturated rings. The van der Waals surface area contributed by atoms with Gasteiger partial charge in [-0.25, -0.2) is 9.18 Å². The number of nitro benzene ring substituents is 1. The van der Waals surface area contributed by atoms with Crippen molar-refractivity contribution in [2.45, 2.75) is 0 Å². The number of hydrogen-bond donors (Lipinski definition) is 0. The number of nitrogens with zero attached hydrogens (tertiary/aromatic N) is 1. The molecule has 0 bridgehead atoms. The Morgan fingerprint density at radius 3 is 2.19 bits per heavy atom. The normalized spacial score (nSPS) is 12.0. The highest BCUT2D eigenvalue weighted by atomic mass is 19.1. The van der Waals surface area contributed by atoms with Gasteiger partial charge in [-0.3, -0.25) is 19.7 Å².